The molecule has 114 valence electrons. The van der Waals surface area contributed by atoms with E-state index < -0.39 is 21.9 Å². The van der Waals surface area contributed by atoms with Crippen LogP contribution in [0, 0.1) is 0 Å². The molecule has 0 saturated carbocycles. The number of anilines is 1. The number of hydrogen-bond donors (Lipinski definition) is 2. The van der Waals surface area contributed by atoms with E-state index in [0.29, 0.717) is 0 Å². The number of alkyl halides is 3. The fourth-order valence-corrected chi connectivity index (χ4v) is 1.96. The van der Waals surface area contributed by atoms with E-state index in [1.165, 1.54) is 13.8 Å². The lowest BCUT2D eigenvalue weighted by molar-refractivity contribution is -0.138. The smallest absolute Gasteiger partial charge is 0.416 e. The maximum absolute atomic E-state index is 12.7. The molecule has 2 heterocycles. The molecule has 21 heavy (non-hydrogen) atoms. The Bertz CT molecular complexity index is 679. The number of halogens is 4. The third-order valence-corrected chi connectivity index (χ3v) is 3.07. The fraction of sp³-hybridized carbons (Fsp3) is 0.364. The van der Waals surface area contributed by atoms with Crippen molar-refractivity contribution in [3.05, 3.63) is 22.1 Å². The molecule has 6 nitrogen and oxygen atoms in total. The first-order chi connectivity index (χ1) is 9.50. The first-order valence-electron chi connectivity index (χ1n) is 5.60. The molecule has 0 atom stereocenters. The molecule has 0 spiro atoms. The molecular formula is C11H10BrF3N4O2. The lowest BCUT2D eigenvalue weighted by atomic mass is 10.1. The highest BCUT2D eigenvalue weighted by Gasteiger charge is 2.35. The van der Waals surface area contributed by atoms with Gasteiger partial charge in [0, 0.05) is 0 Å². The average molecular weight is 367 g/mol. The largest absolute Gasteiger partial charge is 0.419 e. The molecule has 0 amide bonds. The minimum absolute atomic E-state index is 0.0992. The number of aliphatic hydroxyl groups is 1. The molecule has 0 aliphatic carbocycles. The summed E-state index contributed by atoms with van der Waals surface area (Å²) in [5, 5.41) is 16.9. The van der Waals surface area contributed by atoms with Gasteiger partial charge in [-0.15, -0.1) is 10.2 Å². The van der Waals surface area contributed by atoms with Crippen molar-refractivity contribution >= 4 is 21.6 Å². The number of nitrogens with zero attached hydrogens (tertiary/aromatic N) is 3. The first-order valence-corrected chi connectivity index (χ1v) is 6.39. The summed E-state index contributed by atoms with van der Waals surface area (Å²) in [6.07, 6.45) is -4.59. The van der Waals surface area contributed by atoms with E-state index in [-0.39, 0.29) is 23.2 Å². The second kappa shape index (κ2) is 4.95. The molecule has 2 rings (SSSR count). The quantitative estimate of drug-likeness (QED) is 0.793. The van der Waals surface area contributed by atoms with Gasteiger partial charge in [-0.05, 0) is 35.8 Å². The third kappa shape index (κ3) is 3.16. The van der Waals surface area contributed by atoms with Crippen molar-refractivity contribution in [1.29, 1.82) is 0 Å². The zero-order chi connectivity index (χ0) is 16.0. The molecule has 0 bridgehead atoms. The van der Waals surface area contributed by atoms with E-state index in [1.807, 2.05) is 0 Å². The van der Waals surface area contributed by atoms with Crippen molar-refractivity contribution in [3.63, 3.8) is 0 Å². The molecule has 10 heteroatoms. The number of aromatic nitrogens is 3. The normalized spacial score (nSPS) is 12.7. The van der Waals surface area contributed by atoms with Crippen LogP contribution >= 0.6 is 15.9 Å². The Morgan fingerprint density at radius 2 is 1.90 bits per heavy atom. The van der Waals surface area contributed by atoms with E-state index in [9.17, 15) is 18.3 Å². The highest BCUT2D eigenvalue weighted by atomic mass is 79.9. The van der Waals surface area contributed by atoms with Gasteiger partial charge in [0.1, 0.15) is 10.2 Å². The Kier molecular flexibility index (Phi) is 3.70. The van der Waals surface area contributed by atoms with Crippen molar-refractivity contribution in [2.24, 2.45) is 0 Å². The van der Waals surface area contributed by atoms with Gasteiger partial charge in [0.15, 0.2) is 5.69 Å². The van der Waals surface area contributed by atoms with Gasteiger partial charge in [0.25, 0.3) is 5.89 Å². The molecule has 3 N–H and O–H groups in total. The maximum atomic E-state index is 12.7. The first kappa shape index (κ1) is 15.7. The predicted molar refractivity (Wildman–Crippen MR) is 69.9 cm³/mol. The highest BCUT2D eigenvalue weighted by Crippen LogP contribution is 2.37. The van der Waals surface area contributed by atoms with Crippen molar-refractivity contribution in [2.45, 2.75) is 25.6 Å². The van der Waals surface area contributed by atoms with Crippen molar-refractivity contribution in [3.8, 4) is 11.6 Å². The standard InChI is InChI=1S/C11H10BrF3N4O2/c1-10(2,20)9-19-18-8(21-9)6-5(16)3-4(7(12)17-6)11(13,14)15/h3,20H,16H2,1-2H3. The minimum Gasteiger partial charge on any atom is -0.416 e. The zero-order valence-electron chi connectivity index (χ0n) is 10.9. The van der Waals surface area contributed by atoms with Crippen molar-refractivity contribution < 1.29 is 22.7 Å². The van der Waals surface area contributed by atoms with E-state index in [0.717, 1.165) is 6.07 Å². The molecule has 2 aromatic rings. The topological polar surface area (TPSA) is 98.1 Å². The molecule has 0 saturated heterocycles. The summed E-state index contributed by atoms with van der Waals surface area (Å²) in [5.41, 5.74) is 2.80. The van der Waals surface area contributed by atoms with Gasteiger partial charge in [-0.25, -0.2) is 4.98 Å². The monoisotopic (exact) mass is 366 g/mol. The molecular weight excluding hydrogens is 357 g/mol. The van der Waals surface area contributed by atoms with Crippen molar-refractivity contribution in [1.82, 2.24) is 15.2 Å². The van der Waals surface area contributed by atoms with Crippen LogP contribution < -0.4 is 5.73 Å². The Morgan fingerprint density at radius 3 is 2.38 bits per heavy atom. The fourth-order valence-electron chi connectivity index (χ4n) is 1.44. The summed E-state index contributed by atoms with van der Waals surface area (Å²) in [6, 6.07) is 0.723. The second-order valence-corrected chi connectivity index (χ2v) is 5.48. The summed E-state index contributed by atoms with van der Waals surface area (Å²) in [4.78, 5) is 3.70. The van der Waals surface area contributed by atoms with Crippen LogP contribution in [0.5, 0.6) is 0 Å². The van der Waals surface area contributed by atoms with E-state index in [2.05, 4.69) is 31.1 Å². The zero-order valence-corrected chi connectivity index (χ0v) is 12.4. The molecule has 0 aromatic carbocycles. The van der Waals surface area contributed by atoms with Gasteiger partial charge in [0.2, 0.25) is 5.89 Å². The van der Waals surface area contributed by atoms with Gasteiger partial charge in [-0.1, -0.05) is 0 Å². The summed E-state index contributed by atoms with van der Waals surface area (Å²) < 4.78 is 42.9. The van der Waals surface area contributed by atoms with Crippen LogP contribution in [-0.2, 0) is 11.8 Å². The molecule has 0 aliphatic rings. The summed E-state index contributed by atoms with van der Waals surface area (Å²) in [5.74, 6) is -0.284. The Labute approximate surface area is 125 Å². The summed E-state index contributed by atoms with van der Waals surface area (Å²) >= 11 is 2.73. The van der Waals surface area contributed by atoms with E-state index in [4.69, 9.17) is 10.2 Å². The lowest BCUT2D eigenvalue weighted by Crippen LogP contribution is -2.15. The maximum Gasteiger partial charge on any atom is 0.419 e. The SMILES string of the molecule is CC(C)(O)c1nnc(-c2nc(Br)c(C(F)(F)F)cc2N)o1. The van der Waals surface area contributed by atoms with Gasteiger partial charge >= 0.3 is 6.18 Å². The van der Waals surface area contributed by atoms with Crippen LogP contribution in [0.15, 0.2) is 15.1 Å². The predicted octanol–water partition coefficient (Wildman–Crippen LogP) is 2.72. The number of hydrogen-bond acceptors (Lipinski definition) is 6. The number of nitrogens with two attached hydrogens (primary N) is 1. The molecule has 0 aliphatic heterocycles. The lowest BCUT2D eigenvalue weighted by Gasteiger charge is -2.11. The molecule has 0 fully saturated rings. The van der Waals surface area contributed by atoms with Crippen LogP contribution in [0.4, 0.5) is 18.9 Å². The van der Waals surface area contributed by atoms with Gasteiger partial charge in [0.05, 0.1) is 11.3 Å². The molecule has 2 aromatic heterocycles. The number of nitrogen functional groups attached to an aromatic ring is 1. The number of pyridine rings is 1. The number of rotatable bonds is 2. The van der Waals surface area contributed by atoms with E-state index in [1.54, 1.807) is 0 Å². The highest BCUT2D eigenvalue weighted by molar-refractivity contribution is 9.10. The Morgan fingerprint density at radius 1 is 1.29 bits per heavy atom. The second-order valence-electron chi connectivity index (χ2n) is 4.73. The van der Waals surface area contributed by atoms with Gasteiger partial charge in [-0.2, -0.15) is 13.2 Å². The summed E-state index contributed by atoms with van der Waals surface area (Å²) in [7, 11) is 0. The molecule has 0 radical (unpaired) electrons. The van der Waals surface area contributed by atoms with Crippen LogP contribution in [-0.4, -0.2) is 20.3 Å². The van der Waals surface area contributed by atoms with Crippen LogP contribution in [0.2, 0.25) is 0 Å². The molecule has 0 unspecified atom stereocenters. The van der Waals surface area contributed by atoms with Gasteiger partial charge in [-0.3, -0.25) is 0 Å². The van der Waals surface area contributed by atoms with Crippen LogP contribution in [0.25, 0.3) is 11.6 Å². The summed E-state index contributed by atoms with van der Waals surface area (Å²) in [6.45, 7) is 2.84. The van der Waals surface area contributed by atoms with E-state index >= 15 is 0 Å². The average Bonchev–Trinajstić information content (AvgIpc) is 2.79. The minimum atomic E-state index is -4.59. The Hall–Kier alpha value is -1.68. The Balaban J connectivity index is 2.51. The van der Waals surface area contributed by atoms with Gasteiger partial charge < -0.3 is 15.3 Å². The van der Waals surface area contributed by atoms with Crippen LogP contribution in [0.3, 0.4) is 0 Å². The van der Waals surface area contributed by atoms with Crippen LogP contribution in [0.1, 0.15) is 25.3 Å². The van der Waals surface area contributed by atoms with Crippen molar-refractivity contribution in [2.75, 3.05) is 5.73 Å². The third-order valence-electron chi connectivity index (χ3n) is 2.46.